The molecule has 0 unspecified atom stereocenters. The van der Waals surface area contributed by atoms with E-state index in [0.717, 1.165) is 54.1 Å². The maximum Gasteiger partial charge on any atom is 0.416 e. The fraction of sp³-hybridized carbons (Fsp3) is 0.500. The van der Waals surface area contributed by atoms with Crippen LogP contribution in [0.1, 0.15) is 37.7 Å². The number of benzene rings is 1. The van der Waals surface area contributed by atoms with Gasteiger partial charge in [0, 0.05) is 6.54 Å². The van der Waals surface area contributed by atoms with Gasteiger partial charge >= 0.3 is 6.18 Å². The van der Waals surface area contributed by atoms with E-state index in [4.69, 9.17) is 0 Å². The molecule has 1 amide bonds. The van der Waals surface area contributed by atoms with Gasteiger partial charge in [0.25, 0.3) is 0 Å². The lowest BCUT2D eigenvalue weighted by Crippen LogP contribution is -2.40. The molecule has 27 heavy (non-hydrogen) atoms. The Morgan fingerprint density at radius 3 is 2.37 bits per heavy atom. The number of carbonyl (C=O) groups is 1. The molecule has 0 atom stereocenters. The third-order valence-electron chi connectivity index (χ3n) is 4.32. The summed E-state index contributed by atoms with van der Waals surface area (Å²) in [5.41, 5.74) is 0.407. The number of allylic oxidation sites excluding steroid dienone is 1. The number of hydrogen-bond acceptors (Lipinski definition) is 3. The van der Waals surface area contributed by atoms with Crippen molar-refractivity contribution in [3.05, 3.63) is 41.5 Å². The first-order valence-electron chi connectivity index (χ1n) is 8.67. The first-order valence-corrected chi connectivity index (χ1v) is 10.5. The van der Waals surface area contributed by atoms with E-state index in [9.17, 15) is 26.4 Å². The second-order valence-corrected chi connectivity index (χ2v) is 8.43. The van der Waals surface area contributed by atoms with Crippen molar-refractivity contribution in [1.82, 2.24) is 5.32 Å². The Morgan fingerprint density at radius 1 is 1.19 bits per heavy atom. The fourth-order valence-corrected chi connectivity index (χ4v) is 3.75. The van der Waals surface area contributed by atoms with Gasteiger partial charge in [-0.2, -0.15) is 13.2 Å². The summed E-state index contributed by atoms with van der Waals surface area (Å²) in [6, 6.07) is 3.68. The molecule has 9 heteroatoms. The quantitative estimate of drug-likeness (QED) is 0.708. The van der Waals surface area contributed by atoms with Gasteiger partial charge in [0.05, 0.1) is 17.5 Å². The lowest BCUT2D eigenvalue weighted by molar-refractivity contribution is -0.137. The lowest BCUT2D eigenvalue weighted by atomic mass is 9.97. The molecule has 0 bridgehead atoms. The first-order chi connectivity index (χ1) is 12.6. The van der Waals surface area contributed by atoms with Crippen molar-refractivity contribution in [2.45, 2.75) is 38.3 Å². The van der Waals surface area contributed by atoms with Crippen LogP contribution >= 0.6 is 0 Å². The molecular weight excluding hydrogens is 381 g/mol. The van der Waals surface area contributed by atoms with Gasteiger partial charge in [-0.3, -0.25) is 9.10 Å². The summed E-state index contributed by atoms with van der Waals surface area (Å²) in [6.45, 7) is -0.0848. The van der Waals surface area contributed by atoms with Gasteiger partial charge in [0.15, 0.2) is 0 Å². The smallest absolute Gasteiger partial charge is 0.354 e. The Morgan fingerprint density at radius 2 is 1.85 bits per heavy atom. The highest BCUT2D eigenvalue weighted by Gasteiger charge is 2.30. The average Bonchev–Trinajstić information content (AvgIpc) is 2.59. The number of amides is 1. The summed E-state index contributed by atoms with van der Waals surface area (Å²) in [6.07, 6.45) is 3.63. The molecule has 1 aliphatic carbocycles. The molecule has 0 aliphatic heterocycles. The normalized spacial score (nSPS) is 15.2. The van der Waals surface area contributed by atoms with E-state index in [0.29, 0.717) is 13.0 Å². The Hall–Kier alpha value is -2.03. The Bertz CT molecular complexity index is 787. The van der Waals surface area contributed by atoms with Crippen molar-refractivity contribution < 1.29 is 26.4 Å². The van der Waals surface area contributed by atoms with Gasteiger partial charge < -0.3 is 5.32 Å². The fourth-order valence-electron chi connectivity index (χ4n) is 2.90. The largest absolute Gasteiger partial charge is 0.416 e. The molecule has 0 fully saturated rings. The van der Waals surface area contributed by atoms with Crippen LogP contribution in [0.4, 0.5) is 18.9 Å². The highest BCUT2D eigenvalue weighted by atomic mass is 32.2. The van der Waals surface area contributed by atoms with Crippen molar-refractivity contribution >= 4 is 21.6 Å². The monoisotopic (exact) mass is 404 g/mol. The number of alkyl halides is 3. The molecular formula is C18H23F3N2O3S. The predicted molar refractivity (Wildman–Crippen MR) is 97.8 cm³/mol. The average molecular weight is 404 g/mol. The summed E-state index contributed by atoms with van der Waals surface area (Å²) in [7, 11) is -3.83. The number of nitrogens with one attached hydrogen (secondary N) is 1. The van der Waals surface area contributed by atoms with E-state index in [1.54, 1.807) is 0 Å². The SMILES string of the molecule is CS(=O)(=O)N(CC(=O)NCCC1=CCCCC1)c1ccc(C(F)(F)F)cc1. The van der Waals surface area contributed by atoms with Crippen molar-refractivity contribution in [1.29, 1.82) is 0 Å². The third kappa shape index (κ3) is 6.57. The number of hydrogen-bond donors (Lipinski definition) is 1. The van der Waals surface area contributed by atoms with Gasteiger partial charge in [-0.1, -0.05) is 11.6 Å². The van der Waals surface area contributed by atoms with Gasteiger partial charge in [0.1, 0.15) is 6.54 Å². The molecule has 1 aliphatic rings. The standard InChI is InChI=1S/C18H23F3N2O3S/c1-27(25,26)23(16-9-7-15(8-10-16)18(19,20)21)13-17(24)22-12-11-14-5-3-2-4-6-14/h5,7-10H,2-4,6,11-13H2,1H3,(H,22,24). The number of halogens is 3. The van der Waals surface area contributed by atoms with E-state index in [1.165, 1.54) is 12.0 Å². The molecule has 1 aromatic rings. The second kappa shape index (κ2) is 8.77. The Labute approximate surface area is 157 Å². The molecule has 1 aromatic carbocycles. The molecule has 1 N–H and O–H groups in total. The zero-order valence-corrected chi connectivity index (χ0v) is 15.9. The third-order valence-corrected chi connectivity index (χ3v) is 5.46. The molecule has 0 radical (unpaired) electrons. The van der Waals surface area contributed by atoms with Crippen LogP contribution in [-0.4, -0.2) is 33.7 Å². The number of nitrogens with zero attached hydrogens (tertiary/aromatic N) is 1. The zero-order valence-electron chi connectivity index (χ0n) is 15.1. The topological polar surface area (TPSA) is 66.5 Å². The van der Waals surface area contributed by atoms with Crippen LogP contribution in [-0.2, 0) is 21.0 Å². The second-order valence-electron chi connectivity index (χ2n) is 6.52. The Kier molecular flexibility index (Phi) is 6.91. The van der Waals surface area contributed by atoms with Crippen molar-refractivity contribution in [3.63, 3.8) is 0 Å². The molecule has 0 saturated carbocycles. The number of rotatable bonds is 7. The summed E-state index contributed by atoms with van der Waals surface area (Å²) in [5.74, 6) is -0.503. The lowest BCUT2D eigenvalue weighted by Gasteiger charge is -2.22. The van der Waals surface area contributed by atoms with Gasteiger partial charge in [-0.15, -0.1) is 0 Å². The van der Waals surface area contributed by atoms with Gasteiger partial charge in [-0.05, 0) is 56.4 Å². The summed E-state index contributed by atoms with van der Waals surface area (Å²) < 4.78 is 62.7. The van der Waals surface area contributed by atoms with Crippen LogP contribution in [0.15, 0.2) is 35.9 Å². The maximum absolute atomic E-state index is 12.7. The predicted octanol–water partition coefficient (Wildman–Crippen LogP) is 3.48. The highest BCUT2D eigenvalue weighted by molar-refractivity contribution is 7.92. The van der Waals surface area contributed by atoms with Crippen molar-refractivity contribution in [3.8, 4) is 0 Å². The molecule has 0 heterocycles. The summed E-state index contributed by atoms with van der Waals surface area (Å²) >= 11 is 0. The minimum atomic E-state index is -4.51. The number of carbonyl (C=O) groups excluding carboxylic acids is 1. The zero-order chi connectivity index (χ0) is 20.1. The molecule has 2 rings (SSSR count). The van der Waals surface area contributed by atoms with Gasteiger partial charge in [0.2, 0.25) is 15.9 Å². The maximum atomic E-state index is 12.7. The van der Waals surface area contributed by atoms with Gasteiger partial charge in [-0.25, -0.2) is 8.42 Å². The number of anilines is 1. The van der Waals surface area contributed by atoms with Crippen LogP contribution in [0, 0.1) is 0 Å². The Balaban J connectivity index is 2.00. The van der Waals surface area contributed by atoms with Crippen LogP contribution in [0.5, 0.6) is 0 Å². The summed E-state index contributed by atoms with van der Waals surface area (Å²) in [5, 5.41) is 2.67. The minimum Gasteiger partial charge on any atom is -0.354 e. The summed E-state index contributed by atoms with van der Waals surface area (Å²) in [4.78, 5) is 12.1. The number of sulfonamides is 1. The van der Waals surface area contributed by atoms with Crippen LogP contribution in [0.25, 0.3) is 0 Å². The van der Waals surface area contributed by atoms with Crippen molar-refractivity contribution in [2.75, 3.05) is 23.7 Å². The van der Waals surface area contributed by atoms with Crippen LogP contribution in [0.3, 0.4) is 0 Å². The molecule has 0 aromatic heterocycles. The molecule has 0 saturated heterocycles. The van der Waals surface area contributed by atoms with E-state index < -0.39 is 34.2 Å². The van der Waals surface area contributed by atoms with Crippen LogP contribution < -0.4 is 9.62 Å². The van der Waals surface area contributed by atoms with E-state index in [-0.39, 0.29) is 5.69 Å². The van der Waals surface area contributed by atoms with E-state index >= 15 is 0 Å². The first kappa shape index (κ1) is 21.3. The minimum absolute atomic E-state index is 0.00985. The van der Waals surface area contributed by atoms with E-state index in [1.807, 2.05) is 0 Å². The molecule has 5 nitrogen and oxygen atoms in total. The van der Waals surface area contributed by atoms with Crippen molar-refractivity contribution in [2.24, 2.45) is 0 Å². The molecule has 150 valence electrons. The highest BCUT2D eigenvalue weighted by Crippen LogP contribution is 2.31. The van der Waals surface area contributed by atoms with Crippen LogP contribution in [0.2, 0.25) is 0 Å². The molecule has 0 spiro atoms. The van der Waals surface area contributed by atoms with E-state index in [2.05, 4.69) is 11.4 Å².